The second kappa shape index (κ2) is 7.10. The van der Waals surface area contributed by atoms with Gasteiger partial charge in [-0.25, -0.2) is 0 Å². The van der Waals surface area contributed by atoms with E-state index < -0.39 is 0 Å². The lowest BCUT2D eigenvalue weighted by Crippen LogP contribution is -2.40. The second-order valence-electron chi connectivity index (χ2n) is 4.74. The summed E-state index contributed by atoms with van der Waals surface area (Å²) in [6.45, 7) is 1.38. The summed E-state index contributed by atoms with van der Waals surface area (Å²) < 4.78 is 4.73. The Bertz CT molecular complexity index is 572. The molecule has 1 aromatic rings. The molecule has 0 unspecified atom stereocenters. The molecule has 0 aliphatic carbocycles. The summed E-state index contributed by atoms with van der Waals surface area (Å²) in [4.78, 5) is 29.8. The highest BCUT2D eigenvalue weighted by molar-refractivity contribution is 7.14. The van der Waals surface area contributed by atoms with Crippen molar-refractivity contribution in [3.63, 3.8) is 0 Å². The molecule has 21 heavy (non-hydrogen) atoms. The number of amides is 1. The first kappa shape index (κ1) is 15.3. The summed E-state index contributed by atoms with van der Waals surface area (Å²) in [5.74, 6) is -0.340. The molecule has 1 aliphatic rings. The molecule has 1 saturated heterocycles. The van der Waals surface area contributed by atoms with E-state index in [4.69, 9.17) is 10.3 Å². The summed E-state index contributed by atoms with van der Waals surface area (Å²) in [6, 6.07) is 3.55. The van der Waals surface area contributed by atoms with Crippen LogP contribution in [0.2, 0.25) is 0 Å². The SMILES string of the molecule is COC(=O)C1CCN(C(=O)c2ccc(CN=[N+]=[N-])s2)CC1. The third-order valence-corrected chi connectivity index (χ3v) is 4.54. The first-order chi connectivity index (χ1) is 10.2. The van der Waals surface area contributed by atoms with Gasteiger partial charge in [-0.05, 0) is 30.5 Å². The van der Waals surface area contributed by atoms with Crippen LogP contribution in [0.15, 0.2) is 17.2 Å². The Labute approximate surface area is 126 Å². The zero-order valence-corrected chi connectivity index (χ0v) is 12.5. The minimum absolute atomic E-state index is 0.0319. The summed E-state index contributed by atoms with van der Waals surface area (Å²) >= 11 is 1.34. The highest BCUT2D eigenvalue weighted by Gasteiger charge is 2.28. The number of azide groups is 1. The van der Waals surface area contributed by atoms with E-state index in [2.05, 4.69) is 10.0 Å². The number of hydrogen-bond donors (Lipinski definition) is 0. The Morgan fingerprint density at radius 3 is 2.81 bits per heavy atom. The van der Waals surface area contributed by atoms with Gasteiger partial charge >= 0.3 is 5.97 Å². The number of carbonyl (C=O) groups is 2. The second-order valence-corrected chi connectivity index (χ2v) is 5.91. The number of piperidine rings is 1. The molecule has 1 aliphatic heterocycles. The average Bonchev–Trinajstić information content (AvgIpc) is 3.00. The van der Waals surface area contributed by atoms with E-state index in [0.717, 1.165) is 4.88 Å². The molecule has 1 fully saturated rings. The van der Waals surface area contributed by atoms with Crippen molar-refractivity contribution in [2.75, 3.05) is 20.2 Å². The highest BCUT2D eigenvalue weighted by Crippen LogP contribution is 2.23. The quantitative estimate of drug-likeness (QED) is 0.370. The topological polar surface area (TPSA) is 95.4 Å². The van der Waals surface area contributed by atoms with Crippen molar-refractivity contribution in [2.24, 2.45) is 11.0 Å². The minimum atomic E-state index is -0.199. The van der Waals surface area contributed by atoms with E-state index in [1.165, 1.54) is 18.4 Å². The molecule has 7 nitrogen and oxygen atoms in total. The molecule has 0 atom stereocenters. The molecule has 112 valence electrons. The van der Waals surface area contributed by atoms with Crippen LogP contribution in [0.1, 0.15) is 27.4 Å². The fraction of sp³-hybridized carbons (Fsp3) is 0.538. The Balaban J connectivity index is 1.94. The van der Waals surface area contributed by atoms with Gasteiger partial charge in [0.2, 0.25) is 0 Å². The van der Waals surface area contributed by atoms with Gasteiger partial charge in [0.1, 0.15) is 0 Å². The molecule has 1 amide bonds. The van der Waals surface area contributed by atoms with Crippen LogP contribution in [0.3, 0.4) is 0 Å². The third-order valence-electron chi connectivity index (χ3n) is 3.48. The Morgan fingerprint density at radius 2 is 2.19 bits per heavy atom. The Hall–Kier alpha value is -2.05. The monoisotopic (exact) mass is 308 g/mol. The number of thiophene rings is 1. The molecule has 0 radical (unpaired) electrons. The van der Waals surface area contributed by atoms with Gasteiger partial charge in [-0.1, -0.05) is 5.11 Å². The lowest BCUT2D eigenvalue weighted by atomic mass is 9.97. The number of carbonyl (C=O) groups excluding carboxylic acids is 2. The minimum Gasteiger partial charge on any atom is -0.469 e. The summed E-state index contributed by atoms with van der Waals surface area (Å²) in [5, 5.41) is 3.48. The van der Waals surface area contributed by atoms with Crippen molar-refractivity contribution in [3.8, 4) is 0 Å². The first-order valence-corrected chi connectivity index (χ1v) is 7.44. The first-order valence-electron chi connectivity index (χ1n) is 6.62. The molecule has 2 rings (SSSR count). The molecule has 1 aromatic heterocycles. The van der Waals surface area contributed by atoms with Crippen molar-refractivity contribution >= 4 is 23.2 Å². The lowest BCUT2D eigenvalue weighted by molar-refractivity contribution is -0.146. The molecular formula is C13H16N4O3S. The van der Waals surface area contributed by atoms with Crippen LogP contribution in [0, 0.1) is 5.92 Å². The Morgan fingerprint density at radius 1 is 1.48 bits per heavy atom. The third kappa shape index (κ3) is 3.74. The van der Waals surface area contributed by atoms with Crippen LogP contribution in [0.5, 0.6) is 0 Å². The van der Waals surface area contributed by atoms with E-state index in [1.54, 1.807) is 17.0 Å². The van der Waals surface area contributed by atoms with Gasteiger partial charge in [0, 0.05) is 22.9 Å². The normalized spacial score (nSPS) is 15.4. The van der Waals surface area contributed by atoms with E-state index in [9.17, 15) is 9.59 Å². The molecule has 0 bridgehead atoms. The van der Waals surface area contributed by atoms with Gasteiger partial charge < -0.3 is 9.64 Å². The van der Waals surface area contributed by atoms with Gasteiger partial charge in [-0.2, -0.15) is 0 Å². The molecule has 0 aromatic carbocycles. The highest BCUT2D eigenvalue weighted by atomic mass is 32.1. The predicted octanol–water partition coefficient (Wildman–Crippen LogP) is 2.58. The number of nitrogens with zero attached hydrogens (tertiary/aromatic N) is 4. The summed E-state index contributed by atoms with van der Waals surface area (Å²) in [5.41, 5.74) is 8.29. The van der Waals surface area contributed by atoms with E-state index in [0.29, 0.717) is 30.8 Å². The number of likely N-dealkylation sites (tertiary alicyclic amines) is 1. The molecule has 0 spiro atoms. The van der Waals surface area contributed by atoms with Gasteiger partial charge in [-0.15, -0.1) is 11.3 Å². The zero-order valence-electron chi connectivity index (χ0n) is 11.7. The van der Waals surface area contributed by atoms with Crippen molar-refractivity contribution in [2.45, 2.75) is 19.4 Å². The summed E-state index contributed by atoms with van der Waals surface area (Å²) in [6.07, 6.45) is 1.27. The van der Waals surface area contributed by atoms with Crippen LogP contribution < -0.4 is 0 Å². The fourth-order valence-electron chi connectivity index (χ4n) is 2.32. The molecular weight excluding hydrogens is 292 g/mol. The van der Waals surface area contributed by atoms with Gasteiger partial charge in [0.25, 0.3) is 5.91 Å². The average molecular weight is 308 g/mol. The molecule has 0 N–H and O–H groups in total. The van der Waals surface area contributed by atoms with Crippen LogP contribution in [-0.2, 0) is 16.1 Å². The van der Waals surface area contributed by atoms with Crippen molar-refractivity contribution in [1.82, 2.24) is 4.90 Å². The van der Waals surface area contributed by atoms with Crippen LogP contribution >= 0.6 is 11.3 Å². The van der Waals surface area contributed by atoms with Crippen molar-refractivity contribution < 1.29 is 14.3 Å². The van der Waals surface area contributed by atoms with Gasteiger partial charge in [0.05, 0.1) is 24.4 Å². The number of hydrogen-bond acceptors (Lipinski definition) is 5. The van der Waals surface area contributed by atoms with Crippen molar-refractivity contribution in [3.05, 3.63) is 32.3 Å². The zero-order chi connectivity index (χ0) is 15.2. The lowest BCUT2D eigenvalue weighted by Gasteiger charge is -2.30. The standard InChI is InChI=1S/C13H16N4O3S/c1-20-13(19)9-4-6-17(7-5-9)12(18)11-3-2-10(21-11)8-15-16-14/h2-3,9H,4-8H2,1H3. The van der Waals surface area contributed by atoms with E-state index in [-0.39, 0.29) is 24.3 Å². The maximum absolute atomic E-state index is 12.3. The van der Waals surface area contributed by atoms with Gasteiger partial charge in [-0.3, -0.25) is 9.59 Å². The maximum atomic E-state index is 12.3. The van der Waals surface area contributed by atoms with Crippen LogP contribution in [0.25, 0.3) is 10.4 Å². The number of methoxy groups -OCH3 is 1. The van der Waals surface area contributed by atoms with Gasteiger partial charge in [0.15, 0.2) is 0 Å². The molecule has 0 saturated carbocycles. The molecule has 8 heteroatoms. The predicted molar refractivity (Wildman–Crippen MR) is 77.8 cm³/mol. The van der Waals surface area contributed by atoms with E-state index >= 15 is 0 Å². The van der Waals surface area contributed by atoms with Crippen LogP contribution in [0.4, 0.5) is 0 Å². The smallest absolute Gasteiger partial charge is 0.308 e. The van der Waals surface area contributed by atoms with Crippen molar-refractivity contribution in [1.29, 1.82) is 0 Å². The fourth-order valence-corrected chi connectivity index (χ4v) is 3.21. The number of ether oxygens (including phenoxy) is 1. The molecule has 2 heterocycles. The Kier molecular flexibility index (Phi) is 5.19. The summed E-state index contributed by atoms with van der Waals surface area (Å²) in [7, 11) is 1.39. The maximum Gasteiger partial charge on any atom is 0.308 e. The largest absolute Gasteiger partial charge is 0.469 e. The van der Waals surface area contributed by atoms with E-state index in [1.807, 2.05) is 0 Å². The number of esters is 1. The van der Waals surface area contributed by atoms with Crippen LogP contribution in [-0.4, -0.2) is 37.0 Å². The number of rotatable bonds is 4.